The van der Waals surface area contributed by atoms with Crippen LogP contribution in [0.3, 0.4) is 0 Å². The number of ether oxygens (including phenoxy) is 1. The summed E-state index contributed by atoms with van der Waals surface area (Å²) in [5.74, 6) is -0.824. The van der Waals surface area contributed by atoms with Crippen molar-refractivity contribution < 1.29 is 40.7 Å². The Morgan fingerprint density at radius 1 is 0.900 bits per heavy atom. The van der Waals surface area contributed by atoms with Gasteiger partial charge in [0.15, 0.2) is 0 Å². The summed E-state index contributed by atoms with van der Waals surface area (Å²) in [4.78, 5) is 24.2. The van der Waals surface area contributed by atoms with E-state index in [1.807, 2.05) is 0 Å². The van der Waals surface area contributed by atoms with Crippen LogP contribution in [0, 0.1) is 6.92 Å². The van der Waals surface area contributed by atoms with Crippen LogP contribution in [-0.2, 0) is 15.3 Å². The fourth-order valence-electron chi connectivity index (χ4n) is 2.85. The van der Waals surface area contributed by atoms with Crippen molar-refractivity contribution in [1.29, 1.82) is 0 Å². The zero-order valence-electron chi connectivity index (χ0n) is 15.2. The van der Waals surface area contributed by atoms with Gasteiger partial charge in [0.05, 0.1) is 5.69 Å². The van der Waals surface area contributed by atoms with Crippen LogP contribution in [0.5, 0.6) is 11.5 Å². The first kappa shape index (κ1) is 21.4. The summed E-state index contributed by atoms with van der Waals surface area (Å²) in [6.07, 6.45) is -7.88. The summed E-state index contributed by atoms with van der Waals surface area (Å²) >= 11 is 0. The molecule has 2 aromatic rings. The Hall–Kier alpha value is -3.30. The van der Waals surface area contributed by atoms with E-state index in [2.05, 4.69) is 0 Å². The molecule has 0 saturated heterocycles. The van der Waals surface area contributed by atoms with E-state index in [9.17, 15) is 35.9 Å². The number of anilines is 1. The van der Waals surface area contributed by atoms with Crippen LogP contribution in [0.1, 0.15) is 11.1 Å². The SMILES string of the molecule is Cc1cc(C(F)(C(F)F)C(F)(F)F)ccc1Oc1ccc(N2C(=O)C=CC2=O)cc1. The van der Waals surface area contributed by atoms with Crippen LogP contribution < -0.4 is 9.64 Å². The van der Waals surface area contributed by atoms with Gasteiger partial charge >= 0.3 is 6.18 Å². The van der Waals surface area contributed by atoms with Crippen molar-refractivity contribution in [3.05, 3.63) is 65.7 Å². The van der Waals surface area contributed by atoms with Gasteiger partial charge in [-0.2, -0.15) is 13.2 Å². The molecule has 0 saturated carbocycles. The maximum atomic E-state index is 14.2. The highest BCUT2D eigenvalue weighted by Gasteiger charge is 2.64. The molecule has 1 aliphatic rings. The molecule has 0 radical (unpaired) electrons. The highest BCUT2D eigenvalue weighted by atomic mass is 19.4. The standard InChI is InChI=1S/C20H13F6NO3/c1-11-10-12(19(23,18(21)22)20(24,25)26)2-7-15(11)30-14-5-3-13(4-6-14)27-16(28)8-9-17(27)29/h2-10,18H,1H3. The predicted octanol–water partition coefficient (Wildman–Crippen LogP) is 5.21. The Morgan fingerprint density at radius 2 is 1.47 bits per heavy atom. The molecule has 1 unspecified atom stereocenters. The van der Waals surface area contributed by atoms with Crippen molar-refractivity contribution in [2.75, 3.05) is 4.90 Å². The largest absolute Gasteiger partial charge is 0.457 e. The van der Waals surface area contributed by atoms with E-state index in [1.165, 1.54) is 31.2 Å². The number of alkyl halides is 6. The number of carbonyl (C=O) groups is 2. The molecule has 1 aliphatic heterocycles. The summed E-state index contributed by atoms with van der Waals surface area (Å²) in [5.41, 5.74) is -5.76. The summed E-state index contributed by atoms with van der Waals surface area (Å²) in [7, 11) is 0. The van der Waals surface area contributed by atoms with Gasteiger partial charge in [0.1, 0.15) is 11.5 Å². The lowest BCUT2D eigenvalue weighted by molar-refractivity contribution is -0.274. The van der Waals surface area contributed by atoms with E-state index < -0.39 is 35.6 Å². The lowest BCUT2D eigenvalue weighted by Gasteiger charge is -2.28. The number of aryl methyl sites for hydroxylation is 1. The van der Waals surface area contributed by atoms with Crippen molar-refractivity contribution in [3.63, 3.8) is 0 Å². The second-order valence-electron chi connectivity index (χ2n) is 6.43. The van der Waals surface area contributed by atoms with Crippen LogP contribution in [-0.4, -0.2) is 24.4 Å². The number of halogens is 6. The minimum absolute atomic E-state index is 0.00222. The monoisotopic (exact) mass is 429 g/mol. The van der Waals surface area contributed by atoms with Crippen molar-refractivity contribution in [3.8, 4) is 11.5 Å². The van der Waals surface area contributed by atoms with E-state index >= 15 is 0 Å². The molecule has 1 heterocycles. The number of imide groups is 1. The predicted molar refractivity (Wildman–Crippen MR) is 94.2 cm³/mol. The summed E-state index contributed by atoms with van der Waals surface area (Å²) in [6.45, 7) is 1.28. The van der Waals surface area contributed by atoms with Gasteiger partial charge in [-0.05, 0) is 48.9 Å². The third-order valence-electron chi connectivity index (χ3n) is 4.44. The molecule has 2 amide bonds. The Bertz CT molecular complexity index is 998. The number of carbonyl (C=O) groups excluding carboxylic acids is 2. The lowest BCUT2D eigenvalue weighted by atomic mass is 9.93. The first-order chi connectivity index (χ1) is 13.9. The second kappa shape index (κ2) is 7.51. The van der Waals surface area contributed by atoms with Crippen molar-refractivity contribution in [2.24, 2.45) is 0 Å². The number of amides is 2. The topological polar surface area (TPSA) is 46.6 Å². The normalized spacial score (nSPS) is 16.3. The minimum Gasteiger partial charge on any atom is -0.457 e. The molecule has 0 spiro atoms. The molecule has 30 heavy (non-hydrogen) atoms. The number of nitrogens with zero attached hydrogens (tertiary/aromatic N) is 1. The van der Waals surface area contributed by atoms with Crippen LogP contribution in [0.25, 0.3) is 0 Å². The molecule has 4 nitrogen and oxygen atoms in total. The third kappa shape index (κ3) is 3.64. The van der Waals surface area contributed by atoms with Crippen LogP contribution >= 0.6 is 0 Å². The van der Waals surface area contributed by atoms with E-state index in [1.54, 1.807) is 0 Å². The Labute approximate surface area is 166 Å². The number of rotatable bonds is 5. The molecular formula is C20H13F6NO3. The molecular weight excluding hydrogens is 416 g/mol. The fraction of sp³-hybridized carbons (Fsp3) is 0.200. The molecule has 0 N–H and O–H groups in total. The van der Waals surface area contributed by atoms with Gasteiger partial charge in [0.25, 0.3) is 23.9 Å². The highest BCUT2D eigenvalue weighted by molar-refractivity contribution is 6.28. The maximum Gasteiger partial charge on any atom is 0.432 e. The lowest BCUT2D eigenvalue weighted by Crippen LogP contribution is -2.44. The molecule has 158 valence electrons. The van der Waals surface area contributed by atoms with Crippen LogP contribution in [0.15, 0.2) is 54.6 Å². The fourth-order valence-corrected chi connectivity index (χ4v) is 2.85. The Morgan fingerprint density at radius 3 is 1.93 bits per heavy atom. The van der Waals surface area contributed by atoms with E-state index in [0.29, 0.717) is 12.1 Å². The molecule has 0 fully saturated rings. The number of hydrogen-bond acceptors (Lipinski definition) is 3. The van der Waals surface area contributed by atoms with Gasteiger partial charge in [0.2, 0.25) is 0 Å². The van der Waals surface area contributed by atoms with Gasteiger partial charge in [0, 0.05) is 17.7 Å². The highest BCUT2D eigenvalue weighted by Crippen LogP contribution is 2.47. The maximum absolute atomic E-state index is 14.2. The van der Waals surface area contributed by atoms with Gasteiger partial charge in [-0.15, -0.1) is 0 Å². The Kier molecular flexibility index (Phi) is 5.36. The van der Waals surface area contributed by atoms with Gasteiger partial charge in [-0.25, -0.2) is 18.1 Å². The number of hydrogen-bond donors (Lipinski definition) is 0. The zero-order chi connectivity index (χ0) is 22.3. The zero-order valence-corrected chi connectivity index (χ0v) is 15.2. The van der Waals surface area contributed by atoms with Gasteiger partial charge in [-0.3, -0.25) is 9.59 Å². The molecule has 0 aliphatic carbocycles. The first-order valence-corrected chi connectivity index (χ1v) is 8.44. The molecule has 3 rings (SSSR count). The number of benzene rings is 2. The van der Waals surface area contributed by atoms with Crippen LogP contribution in [0.2, 0.25) is 0 Å². The van der Waals surface area contributed by atoms with E-state index in [4.69, 9.17) is 4.74 Å². The molecule has 1 atom stereocenters. The molecule has 2 aromatic carbocycles. The summed E-state index contributed by atoms with van der Waals surface area (Å²) < 4.78 is 84.1. The molecule has 0 aromatic heterocycles. The third-order valence-corrected chi connectivity index (χ3v) is 4.44. The van der Waals surface area contributed by atoms with Crippen molar-refractivity contribution >= 4 is 17.5 Å². The summed E-state index contributed by atoms with van der Waals surface area (Å²) in [6, 6.07) is 7.81. The summed E-state index contributed by atoms with van der Waals surface area (Å²) in [5, 5.41) is 0. The van der Waals surface area contributed by atoms with Crippen LogP contribution in [0.4, 0.5) is 32.0 Å². The average Bonchev–Trinajstić information content (AvgIpc) is 3.00. The molecule has 0 bridgehead atoms. The average molecular weight is 429 g/mol. The van der Waals surface area contributed by atoms with E-state index in [0.717, 1.165) is 23.1 Å². The minimum atomic E-state index is -5.80. The van der Waals surface area contributed by atoms with Gasteiger partial charge < -0.3 is 4.74 Å². The van der Waals surface area contributed by atoms with Crippen molar-refractivity contribution in [2.45, 2.75) is 25.2 Å². The van der Waals surface area contributed by atoms with Gasteiger partial charge in [-0.1, -0.05) is 6.07 Å². The van der Waals surface area contributed by atoms with Crippen molar-refractivity contribution in [1.82, 2.24) is 0 Å². The smallest absolute Gasteiger partial charge is 0.432 e. The quantitative estimate of drug-likeness (QED) is 0.484. The second-order valence-corrected chi connectivity index (χ2v) is 6.43. The molecule has 10 heteroatoms. The van der Waals surface area contributed by atoms with E-state index in [-0.39, 0.29) is 22.7 Å². The Balaban J connectivity index is 1.83. The first-order valence-electron chi connectivity index (χ1n) is 8.44.